The molecular weight excluding hydrogens is 532 g/mol. The van der Waals surface area contributed by atoms with Gasteiger partial charge in [0.15, 0.2) is 28.8 Å². The number of aliphatic hydroxyl groups is 1. The zero-order valence-corrected chi connectivity index (χ0v) is 24.9. The SMILES string of the molecule is COc1ccc([C@@H]2OC(O)(c3ccc4c(c3)OCO4)[C@H](COC(=O)C(C)(C)C)[C@H]2COC(=O)C(C)(C)C)cc1OC. The minimum Gasteiger partial charge on any atom is -0.493 e. The van der Waals surface area contributed by atoms with Gasteiger partial charge in [-0.15, -0.1) is 0 Å². The molecule has 1 fully saturated rings. The van der Waals surface area contributed by atoms with Gasteiger partial charge in [0.05, 0.1) is 43.7 Å². The van der Waals surface area contributed by atoms with Crippen LogP contribution in [0.3, 0.4) is 0 Å². The average Bonchev–Trinajstić information content (AvgIpc) is 3.50. The standard InChI is InChI=1S/C31H40O10/c1-29(2,3)27(32)37-15-20-21(16-38-28(33)30(4,5)6)31(34,19-10-12-23-25(14-19)40-17-39-23)41-26(20)18-9-11-22(35-7)24(13-18)36-8/h9-14,20-21,26,34H,15-17H2,1-8H3/t20-,21-,26+,31?/m1/s1. The van der Waals surface area contributed by atoms with Gasteiger partial charge in [-0.25, -0.2) is 0 Å². The molecule has 0 spiro atoms. The Bertz CT molecular complexity index is 1270. The summed E-state index contributed by atoms with van der Waals surface area (Å²) in [4.78, 5) is 25.7. The Balaban J connectivity index is 1.80. The van der Waals surface area contributed by atoms with E-state index in [0.29, 0.717) is 34.1 Å². The number of benzene rings is 2. The molecule has 0 aromatic heterocycles. The number of carbonyl (C=O) groups is 2. The first-order valence-corrected chi connectivity index (χ1v) is 13.6. The van der Waals surface area contributed by atoms with Gasteiger partial charge >= 0.3 is 11.9 Å². The van der Waals surface area contributed by atoms with Gasteiger partial charge in [-0.3, -0.25) is 9.59 Å². The van der Waals surface area contributed by atoms with E-state index in [4.69, 9.17) is 33.2 Å². The number of carbonyl (C=O) groups excluding carboxylic acids is 2. The molecule has 2 aromatic rings. The smallest absolute Gasteiger partial charge is 0.311 e. The van der Waals surface area contributed by atoms with Crippen molar-refractivity contribution in [2.45, 2.75) is 53.4 Å². The van der Waals surface area contributed by atoms with Crippen LogP contribution in [0.5, 0.6) is 23.0 Å². The van der Waals surface area contributed by atoms with E-state index in [-0.39, 0.29) is 20.0 Å². The Hall–Kier alpha value is -3.50. The fourth-order valence-electron chi connectivity index (χ4n) is 4.83. The van der Waals surface area contributed by atoms with Crippen molar-refractivity contribution in [3.8, 4) is 23.0 Å². The Labute approximate surface area is 240 Å². The Morgan fingerprint density at radius 2 is 1.46 bits per heavy atom. The summed E-state index contributed by atoms with van der Waals surface area (Å²) in [7, 11) is 3.06. The molecule has 0 saturated carbocycles. The predicted octanol–water partition coefficient (Wildman–Crippen LogP) is 4.76. The van der Waals surface area contributed by atoms with Crippen LogP contribution in [0.2, 0.25) is 0 Å². The molecule has 224 valence electrons. The molecule has 10 nitrogen and oxygen atoms in total. The quantitative estimate of drug-likeness (QED) is 0.444. The summed E-state index contributed by atoms with van der Waals surface area (Å²) in [5.74, 6) is -2.27. The van der Waals surface area contributed by atoms with E-state index in [9.17, 15) is 14.7 Å². The molecule has 10 heteroatoms. The summed E-state index contributed by atoms with van der Waals surface area (Å²) in [6.07, 6.45) is -0.781. The highest BCUT2D eigenvalue weighted by Crippen LogP contribution is 2.54. The normalized spacial score (nSPS) is 23.7. The second-order valence-electron chi connectivity index (χ2n) is 12.4. The fraction of sp³-hybridized carbons (Fsp3) is 0.548. The van der Waals surface area contributed by atoms with Crippen LogP contribution in [0.25, 0.3) is 0 Å². The number of hydrogen-bond acceptors (Lipinski definition) is 10. The maximum Gasteiger partial charge on any atom is 0.311 e. The molecule has 1 saturated heterocycles. The minimum absolute atomic E-state index is 0.0599. The molecule has 1 N–H and O–H groups in total. The lowest BCUT2D eigenvalue weighted by molar-refractivity contribution is -0.229. The van der Waals surface area contributed by atoms with Crippen molar-refractivity contribution in [3.05, 3.63) is 47.5 Å². The number of esters is 2. The topological polar surface area (TPSA) is 119 Å². The van der Waals surface area contributed by atoms with Gasteiger partial charge in [0.1, 0.15) is 6.61 Å². The van der Waals surface area contributed by atoms with Crippen molar-refractivity contribution in [3.63, 3.8) is 0 Å². The molecule has 0 aliphatic carbocycles. The van der Waals surface area contributed by atoms with Gasteiger partial charge in [0.25, 0.3) is 0 Å². The van der Waals surface area contributed by atoms with E-state index < -0.39 is 46.5 Å². The van der Waals surface area contributed by atoms with Crippen LogP contribution in [-0.2, 0) is 29.6 Å². The predicted molar refractivity (Wildman–Crippen MR) is 148 cm³/mol. The number of hydrogen-bond donors (Lipinski definition) is 1. The first-order valence-electron chi connectivity index (χ1n) is 13.6. The van der Waals surface area contributed by atoms with Crippen LogP contribution >= 0.6 is 0 Å². The second-order valence-corrected chi connectivity index (χ2v) is 12.4. The van der Waals surface area contributed by atoms with Crippen molar-refractivity contribution < 1.29 is 47.9 Å². The van der Waals surface area contributed by atoms with E-state index in [2.05, 4.69) is 0 Å². The summed E-state index contributed by atoms with van der Waals surface area (Å²) in [5, 5.41) is 12.3. The van der Waals surface area contributed by atoms with Crippen LogP contribution < -0.4 is 18.9 Å². The van der Waals surface area contributed by atoms with E-state index in [1.165, 1.54) is 14.2 Å². The molecule has 2 aliphatic heterocycles. The van der Waals surface area contributed by atoms with Gasteiger partial charge < -0.3 is 38.3 Å². The monoisotopic (exact) mass is 572 g/mol. The second kappa shape index (κ2) is 11.4. The fourth-order valence-corrected chi connectivity index (χ4v) is 4.83. The first kappa shape index (κ1) is 30.5. The zero-order chi connectivity index (χ0) is 30.2. The lowest BCUT2D eigenvalue weighted by Gasteiger charge is -2.31. The average molecular weight is 573 g/mol. The largest absolute Gasteiger partial charge is 0.493 e. The third kappa shape index (κ3) is 6.23. The number of methoxy groups -OCH3 is 2. The molecule has 41 heavy (non-hydrogen) atoms. The summed E-state index contributed by atoms with van der Waals surface area (Å²) < 4.78 is 40.0. The van der Waals surface area contributed by atoms with Crippen molar-refractivity contribution in [1.29, 1.82) is 0 Å². The summed E-state index contributed by atoms with van der Waals surface area (Å²) in [5.41, 5.74) is -0.482. The van der Waals surface area contributed by atoms with Gasteiger partial charge in [-0.2, -0.15) is 0 Å². The van der Waals surface area contributed by atoms with Gasteiger partial charge in [0.2, 0.25) is 6.79 Å². The van der Waals surface area contributed by atoms with Gasteiger partial charge in [-0.1, -0.05) is 6.07 Å². The van der Waals surface area contributed by atoms with Crippen LogP contribution in [0.4, 0.5) is 0 Å². The van der Waals surface area contributed by atoms with E-state index in [0.717, 1.165) is 0 Å². The van der Waals surface area contributed by atoms with Crippen molar-refractivity contribution >= 4 is 11.9 Å². The van der Waals surface area contributed by atoms with Crippen LogP contribution in [0, 0.1) is 22.7 Å². The lowest BCUT2D eigenvalue weighted by Crippen LogP contribution is -2.40. The highest BCUT2D eigenvalue weighted by atomic mass is 16.7. The van der Waals surface area contributed by atoms with E-state index in [1.54, 1.807) is 77.9 Å². The van der Waals surface area contributed by atoms with Crippen LogP contribution in [0.15, 0.2) is 36.4 Å². The third-order valence-electron chi connectivity index (χ3n) is 7.26. The first-order chi connectivity index (χ1) is 19.2. The van der Waals surface area contributed by atoms with Crippen LogP contribution in [0.1, 0.15) is 58.8 Å². The molecule has 0 bridgehead atoms. The maximum absolute atomic E-state index is 12.8. The third-order valence-corrected chi connectivity index (χ3v) is 7.26. The zero-order valence-electron chi connectivity index (χ0n) is 24.9. The molecule has 1 unspecified atom stereocenters. The van der Waals surface area contributed by atoms with E-state index >= 15 is 0 Å². The molecule has 0 radical (unpaired) electrons. The highest BCUT2D eigenvalue weighted by molar-refractivity contribution is 5.75. The summed E-state index contributed by atoms with van der Waals surface area (Å²) in [6, 6.07) is 10.3. The molecule has 0 amide bonds. The highest BCUT2D eigenvalue weighted by Gasteiger charge is 2.57. The molecular formula is C31H40O10. The molecule has 4 rings (SSSR count). The van der Waals surface area contributed by atoms with E-state index in [1.807, 2.05) is 0 Å². The van der Waals surface area contributed by atoms with Crippen molar-refractivity contribution in [2.75, 3.05) is 34.2 Å². The van der Waals surface area contributed by atoms with Gasteiger partial charge in [-0.05, 0) is 77.4 Å². The Morgan fingerprint density at radius 3 is 2.07 bits per heavy atom. The Morgan fingerprint density at radius 1 is 0.854 bits per heavy atom. The minimum atomic E-state index is -1.95. The summed E-state index contributed by atoms with van der Waals surface area (Å²) in [6.45, 7) is 10.3. The van der Waals surface area contributed by atoms with Gasteiger partial charge in [0, 0.05) is 11.5 Å². The molecule has 2 aromatic carbocycles. The van der Waals surface area contributed by atoms with Crippen LogP contribution in [-0.4, -0.2) is 51.3 Å². The van der Waals surface area contributed by atoms with Crippen molar-refractivity contribution in [1.82, 2.24) is 0 Å². The molecule has 2 heterocycles. The Kier molecular flexibility index (Phi) is 8.47. The number of ether oxygens (including phenoxy) is 7. The lowest BCUT2D eigenvalue weighted by atomic mass is 9.81. The number of fused-ring (bicyclic) bond motifs is 1. The summed E-state index contributed by atoms with van der Waals surface area (Å²) >= 11 is 0. The number of rotatable bonds is 8. The van der Waals surface area contributed by atoms with Crippen molar-refractivity contribution in [2.24, 2.45) is 22.7 Å². The molecule has 4 atom stereocenters. The maximum atomic E-state index is 12.8. The molecule has 2 aliphatic rings.